The Balaban J connectivity index is 1.67. The van der Waals surface area contributed by atoms with Gasteiger partial charge in [-0.05, 0) is 83.7 Å². The van der Waals surface area contributed by atoms with Crippen molar-refractivity contribution in [3.05, 3.63) is 57.6 Å². The van der Waals surface area contributed by atoms with Crippen LogP contribution in [0.1, 0.15) is 112 Å². The Bertz CT molecular complexity index is 812. The van der Waals surface area contributed by atoms with Crippen LogP contribution in [0.5, 0.6) is 0 Å². The molecule has 3 heteroatoms. The molecule has 152 valence electrons. The summed E-state index contributed by atoms with van der Waals surface area (Å²) in [6, 6.07) is 4.29. The first kappa shape index (κ1) is 21.3. The van der Waals surface area contributed by atoms with E-state index >= 15 is 0 Å². The van der Waals surface area contributed by atoms with Gasteiger partial charge in [-0.25, -0.2) is 4.98 Å². The van der Waals surface area contributed by atoms with E-state index in [0.717, 1.165) is 12.3 Å². The molecule has 0 aliphatic heterocycles. The first-order valence-electron chi connectivity index (χ1n) is 11.0. The van der Waals surface area contributed by atoms with E-state index in [9.17, 15) is 0 Å². The lowest BCUT2D eigenvalue weighted by Crippen LogP contribution is -2.04. The van der Waals surface area contributed by atoms with Gasteiger partial charge in [-0.15, -0.1) is 0 Å². The minimum Gasteiger partial charge on any atom is -0.261 e. The van der Waals surface area contributed by atoms with Gasteiger partial charge < -0.3 is 0 Å². The summed E-state index contributed by atoms with van der Waals surface area (Å²) in [5, 5.41) is 0.609. The molecule has 28 heavy (non-hydrogen) atoms. The van der Waals surface area contributed by atoms with E-state index in [1.54, 1.807) is 0 Å². The Morgan fingerprint density at radius 3 is 2.39 bits per heavy atom. The number of hydrogen-bond acceptors (Lipinski definition) is 2. The molecule has 0 bridgehead atoms. The highest BCUT2D eigenvalue weighted by Crippen LogP contribution is 2.52. The molecule has 2 aromatic heterocycles. The van der Waals surface area contributed by atoms with Crippen LogP contribution in [0, 0.1) is 5.92 Å². The van der Waals surface area contributed by atoms with Crippen LogP contribution in [0.2, 0.25) is 5.15 Å². The summed E-state index contributed by atoms with van der Waals surface area (Å²) in [7, 11) is 0. The molecule has 3 unspecified atom stereocenters. The van der Waals surface area contributed by atoms with Gasteiger partial charge in [0.05, 0.1) is 0 Å². The second kappa shape index (κ2) is 8.95. The van der Waals surface area contributed by atoms with Crippen LogP contribution in [0.15, 0.2) is 24.5 Å². The topological polar surface area (TPSA) is 25.8 Å². The van der Waals surface area contributed by atoms with Gasteiger partial charge in [0.15, 0.2) is 0 Å². The van der Waals surface area contributed by atoms with Crippen LogP contribution in [-0.4, -0.2) is 9.97 Å². The predicted octanol–water partition coefficient (Wildman–Crippen LogP) is 7.63. The average molecular weight is 399 g/mol. The first-order chi connectivity index (χ1) is 13.3. The lowest BCUT2D eigenvalue weighted by molar-refractivity contribution is 0.574. The zero-order valence-electron chi connectivity index (χ0n) is 18.3. The fourth-order valence-corrected chi connectivity index (χ4v) is 4.82. The van der Waals surface area contributed by atoms with Gasteiger partial charge in [-0.1, -0.05) is 53.1 Å². The summed E-state index contributed by atoms with van der Waals surface area (Å²) in [5.41, 5.74) is 7.08. The molecule has 2 aromatic rings. The molecule has 1 aliphatic rings. The molecule has 0 saturated heterocycles. The molecule has 0 N–H and O–H groups in total. The molecular weight excluding hydrogens is 364 g/mol. The maximum absolute atomic E-state index is 6.20. The number of hydrogen-bond donors (Lipinski definition) is 0. The fraction of sp³-hybridized carbons (Fsp3) is 0.600. The van der Waals surface area contributed by atoms with Gasteiger partial charge in [-0.3, -0.25) is 4.98 Å². The van der Waals surface area contributed by atoms with Crippen molar-refractivity contribution in [2.75, 3.05) is 0 Å². The molecular formula is C25H35ClN2. The van der Waals surface area contributed by atoms with Gasteiger partial charge in [0.1, 0.15) is 5.15 Å². The quantitative estimate of drug-likeness (QED) is 0.427. The summed E-state index contributed by atoms with van der Waals surface area (Å²) < 4.78 is 0. The van der Waals surface area contributed by atoms with Gasteiger partial charge in [-0.2, -0.15) is 0 Å². The highest BCUT2D eigenvalue weighted by molar-refractivity contribution is 6.29. The van der Waals surface area contributed by atoms with E-state index in [4.69, 9.17) is 16.6 Å². The van der Waals surface area contributed by atoms with Crippen molar-refractivity contribution in [3.8, 4) is 0 Å². The second-order valence-electron chi connectivity index (χ2n) is 9.14. The van der Waals surface area contributed by atoms with Crippen LogP contribution in [-0.2, 0) is 6.42 Å². The highest BCUT2D eigenvalue weighted by Gasteiger charge is 2.40. The van der Waals surface area contributed by atoms with Crippen LogP contribution in [0.4, 0.5) is 0 Å². The van der Waals surface area contributed by atoms with E-state index in [1.807, 2.05) is 12.4 Å². The Hall–Kier alpha value is -1.41. The number of rotatable bonds is 8. The van der Waals surface area contributed by atoms with Gasteiger partial charge in [0.25, 0.3) is 0 Å². The molecule has 0 radical (unpaired) electrons. The summed E-state index contributed by atoms with van der Waals surface area (Å²) in [5.74, 6) is 3.00. The SMILES string of the molecule is CCc1c(C(C)C)ccnc1C1CC1CCC(C)c1cc(Cl)ncc1C(C)C. The second-order valence-corrected chi connectivity index (χ2v) is 9.53. The molecule has 1 aliphatic carbocycles. The summed E-state index contributed by atoms with van der Waals surface area (Å²) in [6.07, 6.45) is 8.84. The van der Waals surface area contributed by atoms with Gasteiger partial charge in [0, 0.05) is 24.0 Å². The highest BCUT2D eigenvalue weighted by atomic mass is 35.5. The van der Waals surface area contributed by atoms with Crippen molar-refractivity contribution in [2.45, 2.75) is 90.9 Å². The van der Waals surface area contributed by atoms with Crippen molar-refractivity contribution in [1.29, 1.82) is 0 Å². The minimum atomic E-state index is 0.478. The third kappa shape index (κ3) is 4.59. The first-order valence-corrected chi connectivity index (χ1v) is 11.3. The lowest BCUT2D eigenvalue weighted by Gasteiger charge is -2.19. The predicted molar refractivity (Wildman–Crippen MR) is 120 cm³/mol. The molecule has 3 rings (SSSR count). The molecule has 0 aromatic carbocycles. The molecule has 1 saturated carbocycles. The van der Waals surface area contributed by atoms with E-state index in [-0.39, 0.29) is 0 Å². The van der Waals surface area contributed by atoms with Crippen LogP contribution >= 0.6 is 11.6 Å². The van der Waals surface area contributed by atoms with Crippen molar-refractivity contribution in [2.24, 2.45) is 5.92 Å². The number of aromatic nitrogens is 2. The monoisotopic (exact) mass is 398 g/mol. The Morgan fingerprint density at radius 2 is 1.75 bits per heavy atom. The summed E-state index contributed by atoms with van der Waals surface area (Å²) in [6.45, 7) is 13.7. The normalized spacial score (nSPS) is 20.0. The van der Waals surface area contributed by atoms with E-state index < -0.39 is 0 Å². The summed E-state index contributed by atoms with van der Waals surface area (Å²) >= 11 is 6.20. The molecule has 0 spiro atoms. The zero-order chi connectivity index (χ0) is 20.4. The van der Waals surface area contributed by atoms with Crippen molar-refractivity contribution in [3.63, 3.8) is 0 Å². The molecule has 2 nitrogen and oxygen atoms in total. The smallest absolute Gasteiger partial charge is 0.129 e. The van der Waals surface area contributed by atoms with Crippen molar-refractivity contribution >= 4 is 11.6 Å². The molecule has 1 fully saturated rings. The van der Waals surface area contributed by atoms with Crippen LogP contribution in [0.3, 0.4) is 0 Å². The third-order valence-electron chi connectivity index (χ3n) is 6.43. The maximum atomic E-state index is 6.20. The van der Waals surface area contributed by atoms with Crippen LogP contribution in [0.25, 0.3) is 0 Å². The van der Waals surface area contributed by atoms with E-state index in [0.29, 0.717) is 28.8 Å². The fourth-order valence-electron chi connectivity index (χ4n) is 4.65. The van der Waals surface area contributed by atoms with Crippen LogP contribution < -0.4 is 0 Å². The Labute approximate surface area is 176 Å². The number of halogens is 1. The minimum absolute atomic E-state index is 0.478. The van der Waals surface area contributed by atoms with Crippen molar-refractivity contribution in [1.82, 2.24) is 9.97 Å². The standard InChI is InChI=1S/C25H35ClN2/c1-7-19-20(15(2)3)10-11-27-25(19)22-12-18(22)9-8-17(6)21-13-24(26)28-14-23(21)16(4)5/h10-11,13-18,22H,7-9,12H2,1-6H3. The maximum Gasteiger partial charge on any atom is 0.129 e. The number of pyridine rings is 2. The largest absolute Gasteiger partial charge is 0.261 e. The van der Waals surface area contributed by atoms with Gasteiger partial charge >= 0.3 is 0 Å². The Morgan fingerprint density at radius 1 is 1.04 bits per heavy atom. The number of nitrogens with zero attached hydrogens (tertiary/aromatic N) is 2. The van der Waals surface area contributed by atoms with Gasteiger partial charge in [0.2, 0.25) is 0 Å². The third-order valence-corrected chi connectivity index (χ3v) is 6.64. The lowest BCUT2D eigenvalue weighted by atomic mass is 9.88. The molecule has 3 atom stereocenters. The molecule has 0 amide bonds. The van der Waals surface area contributed by atoms with Crippen molar-refractivity contribution < 1.29 is 0 Å². The zero-order valence-corrected chi connectivity index (χ0v) is 19.1. The van der Waals surface area contributed by atoms with E-state index in [2.05, 4.69) is 58.7 Å². The molecule has 2 heterocycles. The van der Waals surface area contributed by atoms with E-state index in [1.165, 1.54) is 47.2 Å². The Kier molecular flexibility index (Phi) is 6.81. The average Bonchev–Trinajstić information content (AvgIpc) is 3.44. The summed E-state index contributed by atoms with van der Waals surface area (Å²) in [4.78, 5) is 9.11.